The van der Waals surface area contributed by atoms with Crippen LogP contribution in [0, 0.1) is 5.92 Å². The number of amides is 1. The van der Waals surface area contributed by atoms with Crippen LogP contribution in [0.3, 0.4) is 0 Å². The Hall–Kier alpha value is -1.84. The zero-order chi connectivity index (χ0) is 17.5. The molecule has 0 aliphatic carbocycles. The Bertz CT molecular complexity index is 654. The number of likely N-dealkylation sites (tertiary alicyclic amines) is 1. The number of halogens is 1. The minimum Gasteiger partial charge on any atom is -0.343 e. The number of piperidine rings is 1. The third-order valence-electron chi connectivity index (χ3n) is 5.27. The number of nitrogens with two attached hydrogens (primary N) is 1. The average Bonchev–Trinajstić information content (AvgIpc) is 2.68. The van der Waals surface area contributed by atoms with Gasteiger partial charge < -0.3 is 10.6 Å². The Kier molecular flexibility index (Phi) is 8.14. The summed E-state index contributed by atoms with van der Waals surface area (Å²) >= 11 is 0. The summed E-state index contributed by atoms with van der Waals surface area (Å²) in [4.78, 5) is 14.5. The largest absolute Gasteiger partial charge is 0.343 e. The van der Waals surface area contributed by atoms with Crippen molar-refractivity contribution in [2.45, 2.75) is 38.1 Å². The van der Waals surface area contributed by atoms with Gasteiger partial charge in [-0.25, -0.2) is 0 Å². The number of carbonyl (C=O) groups is 1. The van der Waals surface area contributed by atoms with Crippen molar-refractivity contribution >= 4 is 18.3 Å². The molecule has 140 valence electrons. The van der Waals surface area contributed by atoms with Gasteiger partial charge in [-0.3, -0.25) is 4.79 Å². The second-order valence-electron chi connectivity index (χ2n) is 7.07. The molecule has 4 heteroatoms. The summed E-state index contributed by atoms with van der Waals surface area (Å²) < 4.78 is 0. The van der Waals surface area contributed by atoms with Gasteiger partial charge in [0.2, 0.25) is 5.91 Å². The highest BCUT2D eigenvalue weighted by molar-refractivity contribution is 5.85. The molecule has 0 saturated carbocycles. The molecule has 2 aromatic carbocycles. The fourth-order valence-electron chi connectivity index (χ4n) is 3.62. The van der Waals surface area contributed by atoms with Crippen molar-refractivity contribution in [2.75, 3.05) is 13.1 Å². The first-order valence-electron chi connectivity index (χ1n) is 9.34. The summed E-state index contributed by atoms with van der Waals surface area (Å²) in [5.74, 6) is 0.921. The number of hydrogen-bond acceptors (Lipinski definition) is 2. The summed E-state index contributed by atoms with van der Waals surface area (Å²) in [6, 6.07) is 20.4. The quantitative estimate of drug-likeness (QED) is 0.818. The maximum atomic E-state index is 12.5. The maximum absolute atomic E-state index is 12.5. The van der Waals surface area contributed by atoms with Crippen LogP contribution in [0.5, 0.6) is 0 Å². The van der Waals surface area contributed by atoms with Crippen LogP contribution in [0.2, 0.25) is 0 Å². The first-order valence-corrected chi connectivity index (χ1v) is 9.34. The molecule has 1 aliphatic rings. The Balaban J connectivity index is 0.00000243. The average molecular weight is 373 g/mol. The number of benzene rings is 2. The molecule has 1 unspecified atom stereocenters. The lowest BCUT2D eigenvalue weighted by Gasteiger charge is -2.32. The molecular weight excluding hydrogens is 344 g/mol. The van der Waals surface area contributed by atoms with Crippen LogP contribution in [-0.2, 0) is 11.2 Å². The fourth-order valence-corrected chi connectivity index (χ4v) is 3.62. The van der Waals surface area contributed by atoms with Gasteiger partial charge in [-0.1, -0.05) is 60.7 Å². The maximum Gasteiger partial charge on any atom is 0.224 e. The Morgan fingerprint density at radius 1 is 1.00 bits per heavy atom. The molecular formula is C22H29ClN2O. The fraction of sp³-hybridized carbons (Fsp3) is 0.409. The van der Waals surface area contributed by atoms with Crippen molar-refractivity contribution in [1.29, 1.82) is 0 Å². The molecule has 1 atom stereocenters. The van der Waals surface area contributed by atoms with E-state index < -0.39 is 0 Å². The Labute approximate surface area is 163 Å². The smallest absolute Gasteiger partial charge is 0.224 e. The van der Waals surface area contributed by atoms with Crippen molar-refractivity contribution < 1.29 is 4.79 Å². The summed E-state index contributed by atoms with van der Waals surface area (Å²) in [7, 11) is 0. The van der Waals surface area contributed by atoms with E-state index in [4.69, 9.17) is 5.73 Å². The van der Waals surface area contributed by atoms with E-state index in [0.29, 0.717) is 6.42 Å². The second kappa shape index (κ2) is 10.3. The molecule has 1 heterocycles. The Morgan fingerprint density at radius 2 is 1.58 bits per heavy atom. The molecule has 26 heavy (non-hydrogen) atoms. The van der Waals surface area contributed by atoms with Crippen LogP contribution in [-0.4, -0.2) is 23.9 Å². The van der Waals surface area contributed by atoms with E-state index in [-0.39, 0.29) is 24.4 Å². The summed E-state index contributed by atoms with van der Waals surface area (Å²) in [6.07, 6.45) is 4.98. The molecule has 1 amide bonds. The predicted molar refractivity (Wildman–Crippen MR) is 109 cm³/mol. The first-order chi connectivity index (χ1) is 12.2. The van der Waals surface area contributed by atoms with Gasteiger partial charge in [0.25, 0.3) is 0 Å². The van der Waals surface area contributed by atoms with Gasteiger partial charge in [0, 0.05) is 25.6 Å². The number of hydrogen-bond donors (Lipinski definition) is 1. The zero-order valence-electron chi connectivity index (χ0n) is 15.2. The van der Waals surface area contributed by atoms with Crippen molar-refractivity contribution in [3.63, 3.8) is 0 Å². The second-order valence-corrected chi connectivity index (χ2v) is 7.07. The van der Waals surface area contributed by atoms with Crippen molar-refractivity contribution in [3.05, 3.63) is 71.8 Å². The van der Waals surface area contributed by atoms with Crippen LogP contribution in [0.25, 0.3) is 0 Å². The van der Waals surface area contributed by atoms with Crippen molar-refractivity contribution in [1.82, 2.24) is 4.90 Å². The minimum atomic E-state index is -0.204. The van der Waals surface area contributed by atoms with Gasteiger partial charge >= 0.3 is 0 Å². The molecule has 1 aliphatic heterocycles. The van der Waals surface area contributed by atoms with Crippen LogP contribution >= 0.6 is 12.4 Å². The predicted octanol–water partition coefficient (Wildman–Crippen LogP) is 4.37. The van der Waals surface area contributed by atoms with Gasteiger partial charge in [0.05, 0.1) is 0 Å². The van der Waals surface area contributed by atoms with E-state index in [9.17, 15) is 4.79 Å². The topological polar surface area (TPSA) is 46.3 Å². The number of carbonyl (C=O) groups excluding carboxylic acids is 1. The zero-order valence-corrected chi connectivity index (χ0v) is 16.0. The Morgan fingerprint density at radius 3 is 2.19 bits per heavy atom. The van der Waals surface area contributed by atoms with E-state index in [1.807, 2.05) is 35.2 Å². The van der Waals surface area contributed by atoms with Gasteiger partial charge in [-0.2, -0.15) is 0 Å². The highest BCUT2D eigenvalue weighted by atomic mass is 35.5. The summed E-state index contributed by atoms with van der Waals surface area (Å²) in [5.41, 5.74) is 8.64. The van der Waals surface area contributed by atoms with Gasteiger partial charge in [0.1, 0.15) is 0 Å². The van der Waals surface area contributed by atoms with E-state index in [1.54, 1.807) is 0 Å². The lowest BCUT2D eigenvalue weighted by atomic mass is 9.90. The third-order valence-corrected chi connectivity index (χ3v) is 5.27. The summed E-state index contributed by atoms with van der Waals surface area (Å²) in [6.45, 7) is 1.75. The van der Waals surface area contributed by atoms with Crippen LogP contribution in [0.15, 0.2) is 60.7 Å². The highest BCUT2D eigenvalue weighted by Crippen LogP contribution is 2.24. The molecule has 0 aromatic heterocycles. The molecule has 2 N–H and O–H groups in total. The molecule has 0 radical (unpaired) electrons. The molecule has 1 saturated heterocycles. The highest BCUT2D eigenvalue weighted by Gasteiger charge is 2.24. The first kappa shape index (κ1) is 20.5. The van der Waals surface area contributed by atoms with Crippen molar-refractivity contribution in [3.8, 4) is 0 Å². The lowest BCUT2D eigenvalue weighted by Crippen LogP contribution is -2.39. The van der Waals surface area contributed by atoms with Gasteiger partial charge in [-0.15, -0.1) is 12.4 Å². The number of aryl methyl sites for hydroxylation is 1. The van der Waals surface area contributed by atoms with Crippen molar-refractivity contribution in [2.24, 2.45) is 11.7 Å². The molecule has 3 nitrogen and oxygen atoms in total. The molecule has 2 aromatic rings. The lowest BCUT2D eigenvalue weighted by molar-refractivity contribution is -0.133. The number of nitrogens with zero attached hydrogens (tertiary/aromatic N) is 1. The normalized spacial score (nSPS) is 16.0. The van der Waals surface area contributed by atoms with E-state index in [2.05, 4.69) is 30.3 Å². The molecule has 1 fully saturated rings. The number of rotatable bonds is 6. The molecule has 3 rings (SSSR count). The molecule has 0 bridgehead atoms. The van der Waals surface area contributed by atoms with E-state index in [1.165, 1.54) is 12.0 Å². The van der Waals surface area contributed by atoms with Crippen LogP contribution in [0.4, 0.5) is 0 Å². The van der Waals surface area contributed by atoms with Gasteiger partial charge in [0.15, 0.2) is 0 Å². The minimum absolute atomic E-state index is 0. The van der Waals surface area contributed by atoms with E-state index >= 15 is 0 Å². The van der Waals surface area contributed by atoms with Crippen LogP contribution in [0.1, 0.15) is 42.9 Å². The van der Waals surface area contributed by atoms with Crippen LogP contribution < -0.4 is 5.73 Å². The standard InChI is InChI=1S/C22H28N2O.ClH/c23-21(20-9-5-2-6-10-20)17-22(25)24-15-13-19(14-16-24)12-11-18-7-3-1-4-8-18;/h1-10,19,21H,11-17,23H2;1H. The monoisotopic (exact) mass is 372 g/mol. The van der Waals surface area contributed by atoms with Gasteiger partial charge in [-0.05, 0) is 42.7 Å². The SMILES string of the molecule is Cl.NC(CC(=O)N1CCC(CCc2ccccc2)CC1)c1ccccc1. The third kappa shape index (κ3) is 5.86. The van der Waals surface area contributed by atoms with E-state index in [0.717, 1.165) is 43.8 Å². The molecule has 0 spiro atoms. The summed E-state index contributed by atoms with van der Waals surface area (Å²) in [5, 5.41) is 0.